The summed E-state index contributed by atoms with van der Waals surface area (Å²) in [4.78, 5) is 25.1. The molecule has 1 saturated carbocycles. The minimum atomic E-state index is -1.04. The molecule has 1 N–H and O–H groups in total. The lowest BCUT2D eigenvalue weighted by molar-refractivity contribution is -0.142. The smallest absolute Gasteiger partial charge is 0.313 e. The van der Waals surface area contributed by atoms with Gasteiger partial charge in [0, 0.05) is 38.4 Å². The maximum Gasteiger partial charge on any atom is 0.313 e. The van der Waals surface area contributed by atoms with Gasteiger partial charge < -0.3 is 19.6 Å². The van der Waals surface area contributed by atoms with Gasteiger partial charge in [0.15, 0.2) is 0 Å². The van der Waals surface area contributed by atoms with Crippen molar-refractivity contribution in [2.45, 2.75) is 32.1 Å². The molecule has 1 aromatic rings. The van der Waals surface area contributed by atoms with Gasteiger partial charge >= 0.3 is 5.97 Å². The van der Waals surface area contributed by atoms with Gasteiger partial charge in [-0.25, -0.2) is 4.98 Å². The Balaban J connectivity index is 1.96. The molecular formula is C17H26N4O3. The number of morpholine rings is 1. The number of nitrogens with zero attached hydrogens (tertiary/aromatic N) is 4. The van der Waals surface area contributed by atoms with Crippen LogP contribution in [0.3, 0.4) is 0 Å². The van der Waals surface area contributed by atoms with E-state index in [0.717, 1.165) is 18.3 Å². The Morgan fingerprint density at radius 1 is 1.42 bits per heavy atom. The summed E-state index contributed by atoms with van der Waals surface area (Å²) in [6, 6.07) is 0. The summed E-state index contributed by atoms with van der Waals surface area (Å²) in [6.07, 6.45) is 4.22. The van der Waals surface area contributed by atoms with Gasteiger partial charge in [-0.3, -0.25) is 4.79 Å². The van der Waals surface area contributed by atoms with Crippen LogP contribution in [0.15, 0.2) is 6.20 Å². The first-order chi connectivity index (χ1) is 11.4. The molecule has 0 spiro atoms. The highest BCUT2D eigenvalue weighted by atomic mass is 16.5. The average Bonchev–Trinajstić information content (AvgIpc) is 3.39. The van der Waals surface area contributed by atoms with E-state index in [1.54, 1.807) is 20.0 Å². The summed E-state index contributed by atoms with van der Waals surface area (Å²) >= 11 is 0. The Bertz CT molecular complexity index is 610. The lowest BCUT2D eigenvalue weighted by atomic mass is 9.85. The fraction of sp³-hybridized carbons (Fsp3) is 0.706. The predicted molar refractivity (Wildman–Crippen MR) is 91.7 cm³/mol. The molecule has 24 heavy (non-hydrogen) atoms. The number of carbonyl (C=O) groups is 1. The molecule has 2 fully saturated rings. The number of rotatable bonds is 6. The zero-order chi connectivity index (χ0) is 17.3. The minimum Gasteiger partial charge on any atom is -0.481 e. The standard InChI is InChI=1S/C17H26N4O3/c1-17(2,15(22)23)13-10-18-16(20(3)11-12-4-5-12)19-14(13)21-6-8-24-9-7-21/h10,12H,4-9,11H2,1-3H3,(H,22,23). The maximum atomic E-state index is 11.7. The second kappa shape index (κ2) is 6.55. The Hall–Kier alpha value is -1.89. The van der Waals surface area contributed by atoms with E-state index in [-0.39, 0.29) is 0 Å². The summed E-state index contributed by atoms with van der Waals surface area (Å²) in [5, 5.41) is 9.61. The van der Waals surface area contributed by atoms with Crippen molar-refractivity contribution in [3.63, 3.8) is 0 Å². The van der Waals surface area contributed by atoms with E-state index in [9.17, 15) is 9.90 Å². The minimum absolute atomic E-state index is 0.629. The predicted octanol–water partition coefficient (Wildman–Crippen LogP) is 1.52. The lowest BCUT2D eigenvalue weighted by Crippen LogP contribution is -2.40. The van der Waals surface area contributed by atoms with Crippen LogP contribution in [0, 0.1) is 5.92 Å². The van der Waals surface area contributed by atoms with Crippen molar-refractivity contribution in [3.8, 4) is 0 Å². The second-order valence-electron chi connectivity index (χ2n) is 7.26. The van der Waals surface area contributed by atoms with Gasteiger partial charge in [-0.1, -0.05) is 0 Å². The highest BCUT2D eigenvalue weighted by Crippen LogP contribution is 2.34. The van der Waals surface area contributed by atoms with Gasteiger partial charge in [0.1, 0.15) is 5.82 Å². The molecule has 0 radical (unpaired) electrons. The van der Waals surface area contributed by atoms with Crippen molar-refractivity contribution in [1.82, 2.24) is 9.97 Å². The number of hydrogen-bond donors (Lipinski definition) is 1. The summed E-state index contributed by atoms with van der Waals surface area (Å²) in [5.41, 5.74) is -0.387. The highest BCUT2D eigenvalue weighted by molar-refractivity contribution is 5.82. The zero-order valence-electron chi connectivity index (χ0n) is 14.7. The summed E-state index contributed by atoms with van der Waals surface area (Å²) in [7, 11) is 2.00. The average molecular weight is 334 g/mol. The maximum absolute atomic E-state index is 11.7. The van der Waals surface area contributed by atoms with Crippen LogP contribution in [0.2, 0.25) is 0 Å². The molecule has 3 rings (SSSR count). The highest BCUT2D eigenvalue weighted by Gasteiger charge is 2.35. The van der Waals surface area contributed by atoms with Crippen LogP contribution < -0.4 is 9.80 Å². The van der Waals surface area contributed by atoms with Crippen molar-refractivity contribution in [3.05, 3.63) is 11.8 Å². The molecule has 2 aliphatic rings. The fourth-order valence-corrected chi connectivity index (χ4v) is 2.89. The second-order valence-corrected chi connectivity index (χ2v) is 7.26. The van der Waals surface area contributed by atoms with E-state index in [2.05, 4.69) is 14.8 Å². The van der Waals surface area contributed by atoms with Crippen LogP contribution in [0.25, 0.3) is 0 Å². The van der Waals surface area contributed by atoms with E-state index >= 15 is 0 Å². The third kappa shape index (κ3) is 3.45. The monoisotopic (exact) mass is 334 g/mol. The van der Waals surface area contributed by atoms with Crippen molar-refractivity contribution in [2.24, 2.45) is 5.92 Å². The molecule has 1 aliphatic carbocycles. The van der Waals surface area contributed by atoms with Crippen molar-refractivity contribution >= 4 is 17.7 Å². The Morgan fingerprint density at radius 3 is 2.67 bits per heavy atom. The summed E-state index contributed by atoms with van der Waals surface area (Å²) < 4.78 is 5.42. The molecule has 2 heterocycles. The third-order valence-electron chi connectivity index (χ3n) is 4.84. The summed E-state index contributed by atoms with van der Waals surface area (Å²) in [6.45, 7) is 7.03. The largest absolute Gasteiger partial charge is 0.481 e. The van der Waals surface area contributed by atoms with Crippen molar-refractivity contribution < 1.29 is 14.6 Å². The third-order valence-corrected chi connectivity index (χ3v) is 4.84. The van der Waals surface area contributed by atoms with Crippen LogP contribution in [0.1, 0.15) is 32.3 Å². The first kappa shape index (κ1) is 17.0. The van der Waals surface area contributed by atoms with Crippen molar-refractivity contribution in [2.75, 3.05) is 49.7 Å². The van der Waals surface area contributed by atoms with Gasteiger partial charge in [0.2, 0.25) is 5.95 Å². The molecule has 0 aromatic carbocycles. The molecule has 7 nitrogen and oxygen atoms in total. The van der Waals surface area contributed by atoms with Crippen LogP contribution in [0.5, 0.6) is 0 Å². The molecule has 7 heteroatoms. The van der Waals surface area contributed by atoms with E-state index in [1.807, 2.05) is 7.05 Å². The van der Waals surface area contributed by atoms with E-state index in [1.165, 1.54) is 12.8 Å². The van der Waals surface area contributed by atoms with Gasteiger partial charge in [-0.15, -0.1) is 0 Å². The topological polar surface area (TPSA) is 78.8 Å². The lowest BCUT2D eigenvalue weighted by Gasteiger charge is -2.33. The Morgan fingerprint density at radius 2 is 2.08 bits per heavy atom. The molecule has 0 atom stereocenters. The number of hydrogen-bond acceptors (Lipinski definition) is 6. The van der Waals surface area contributed by atoms with Crippen molar-refractivity contribution in [1.29, 1.82) is 0 Å². The zero-order valence-corrected chi connectivity index (χ0v) is 14.7. The quantitative estimate of drug-likeness (QED) is 0.845. The van der Waals surface area contributed by atoms with Crippen LogP contribution in [0.4, 0.5) is 11.8 Å². The SMILES string of the molecule is CN(CC1CC1)c1ncc(C(C)(C)C(=O)O)c(N2CCOCC2)n1. The molecule has 0 bridgehead atoms. The van der Waals surface area contributed by atoms with Gasteiger partial charge in [0.05, 0.1) is 18.6 Å². The number of carboxylic acid groups (broad SMARTS) is 1. The van der Waals surface area contributed by atoms with E-state index < -0.39 is 11.4 Å². The van der Waals surface area contributed by atoms with Gasteiger partial charge in [-0.2, -0.15) is 4.98 Å². The summed E-state index contributed by atoms with van der Waals surface area (Å²) in [5.74, 6) is 1.24. The molecule has 1 saturated heterocycles. The first-order valence-corrected chi connectivity index (χ1v) is 8.54. The number of ether oxygens (including phenoxy) is 1. The number of anilines is 2. The number of carboxylic acids is 1. The van der Waals surface area contributed by atoms with Crippen LogP contribution >= 0.6 is 0 Å². The van der Waals surface area contributed by atoms with Gasteiger partial charge in [0.25, 0.3) is 0 Å². The first-order valence-electron chi connectivity index (χ1n) is 8.54. The normalized spacial score (nSPS) is 18.5. The Kier molecular flexibility index (Phi) is 4.62. The number of aromatic nitrogens is 2. The number of aliphatic carboxylic acids is 1. The molecule has 0 unspecified atom stereocenters. The fourth-order valence-electron chi connectivity index (χ4n) is 2.89. The van der Waals surface area contributed by atoms with Gasteiger partial charge in [-0.05, 0) is 32.6 Å². The molecule has 132 valence electrons. The van der Waals surface area contributed by atoms with E-state index in [4.69, 9.17) is 9.72 Å². The molecule has 1 aliphatic heterocycles. The molecule has 1 aromatic heterocycles. The van der Waals surface area contributed by atoms with Crippen LogP contribution in [-0.2, 0) is 14.9 Å². The molecular weight excluding hydrogens is 308 g/mol. The van der Waals surface area contributed by atoms with E-state index in [0.29, 0.717) is 37.8 Å². The van der Waals surface area contributed by atoms with Crippen LogP contribution in [-0.4, -0.2) is 60.9 Å². The molecule has 0 amide bonds. The Labute approximate surface area is 142 Å².